The lowest BCUT2D eigenvalue weighted by molar-refractivity contribution is -0.206. The first kappa shape index (κ1) is 20.3. The Labute approximate surface area is 163 Å². The van der Waals surface area contributed by atoms with Crippen molar-refractivity contribution in [3.63, 3.8) is 0 Å². The summed E-state index contributed by atoms with van der Waals surface area (Å²) >= 11 is 6.32. The predicted molar refractivity (Wildman–Crippen MR) is 92.5 cm³/mol. The lowest BCUT2D eigenvalue weighted by Gasteiger charge is -2.20. The summed E-state index contributed by atoms with van der Waals surface area (Å²) in [5.74, 6) is -3.25. The Hall–Kier alpha value is -2.39. The fourth-order valence-corrected chi connectivity index (χ4v) is 3.41. The summed E-state index contributed by atoms with van der Waals surface area (Å²) in [5, 5.41) is 2.88. The van der Waals surface area contributed by atoms with Crippen LogP contribution in [0.2, 0.25) is 0 Å². The van der Waals surface area contributed by atoms with Gasteiger partial charge in [0.25, 0.3) is 11.8 Å². The fourth-order valence-electron chi connectivity index (χ4n) is 3.12. The number of alkyl halides is 3. The van der Waals surface area contributed by atoms with Crippen molar-refractivity contribution in [1.29, 1.82) is 0 Å². The van der Waals surface area contributed by atoms with Crippen LogP contribution in [0.1, 0.15) is 40.0 Å². The second kappa shape index (κ2) is 7.92. The van der Waals surface area contributed by atoms with Gasteiger partial charge in [-0.15, -0.1) is 0 Å². The number of nitrogens with zero attached hydrogens (tertiary/aromatic N) is 1. The zero-order chi connectivity index (χ0) is 20.5. The molecule has 150 valence electrons. The van der Waals surface area contributed by atoms with Crippen molar-refractivity contribution in [2.24, 2.45) is 0 Å². The van der Waals surface area contributed by atoms with E-state index < -0.39 is 30.2 Å². The SMILES string of the molecule is O=C1c2ccccc2C(=O)N1C/C(Cl)=C1/CCCNC(OC(=O)C(F)(F)F)C1. The molecule has 1 saturated heterocycles. The van der Waals surface area contributed by atoms with Gasteiger partial charge in [0.2, 0.25) is 0 Å². The average molecular weight is 417 g/mol. The van der Waals surface area contributed by atoms with Gasteiger partial charge in [0.1, 0.15) is 0 Å². The normalized spacial score (nSPS) is 22.0. The quantitative estimate of drug-likeness (QED) is 0.605. The molecule has 0 spiro atoms. The van der Waals surface area contributed by atoms with Crippen molar-refractivity contribution in [1.82, 2.24) is 10.2 Å². The van der Waals surface area contributed by atoms with Crippen molar-refractivity contribution in [3.05, 3.63) is 46.0 Å². The summed E-state index contributed by atoms with van der Waals surface area (Å²) in [6.45, 7) is 0.139. The van der Waals surface area contributed by atoms with Crippen LogP contribution in [-0.2, 0) is 9.53 Å². The Bertz CT molecular complexity index is 818. The number of hydrogen-bond donors (Lipinski definition) is 1. The molecule has 28 heavy (non-hydrogen) atoms. The molecule has 1 aromatic rings. The van der Waals surface area contributed by atoms with Crippen LogP contribution in [0.5, 0.6) is 0 Å². The molecule has 2 amide bonds. The van der Waals surface area contributed by atoms with Crippen LogP contribution in [0.25, 0.3) is 0 Å². The van der Waals surface area contributed by atoms with E-state index in [1.807, 2.05) is 0 Å². The Kier molecular flexibility index (Phi) is 5.76. The third kappa shape index (κ3) is 4.20. The summed E-state index contributed by atoms with van der Waals surface area (Å²) in [6, 6.07) is 6.37. The molecule has 1 N–H and O–H groups in total. The number of imide groups is 1. The number of carbonyl (C=O) groups is 3. The van der Waals surface area contributed by atoms with E-state index in [1.54, 1.807) is 24.3 Å². The number of hydrogen-bond acceptors (Lipinski definition) is 5. The maximum atomic E-state index is 12.4. The molecule has 2 aliphatic rings. The van der Waals surface area contributed by atoms with E-state index >= 15 is 0 Å². The molecule has 0 saturated carbocycles. The van der Waals surface area contributed by atoms with Gasteiger partial charge in [-0.2, -0.15) is 13.2 Å². The number of fused-ring (bicyclic) bond motifs is 1. The van der Waals surface area contributed by atoms with Crippen LogP contribution in [0.4, 0.5) is 13.2 Å². The molecule has 1 unspecified atom stereocenters. The van der Waals surface area contributed by atoms with Crippen LogP contribution >= 0.6 is 11.6 Å². The molecule has 0 aliphatic carbocycles. The molecule has 2 heterocycles. The highest BCUT2D eigenvalue weighted by Gasteiger charge is 2.42. The van der Waals surface area contributed by atoms with Gasteiger partial charge in [-0.05, 0) is 37.1 Å². The zero-order valence-electron chi connectivity index (χ0n) is 14.5. The first-order chi connectivity index (χ1) is 13.2. The highest BCUT2D eigenvalue weighted by molar-refractivity contribution is 6.31. The molecule has 0 radical (unpaired) electrons. The van der Waals surface area contributed by atoms with Crippen LogP contribution in [0.3, 0.4) is 0 Å². The maximum absolute atomic E-state index is 12.4. The number of carbonyl (C=O) groups excluding carboxylic acids is 3. The molecular weight excluding hydrogens is 401 g/mol. The maximum Gasteiger partial charge on any atom is 0.490 e. The van der Waals surface area contributed by atoms with E-state index in [4.69, 9.17) is 11.6 Å². The van der Waals surface area contributed by atoms with Crippen molar-refractivity contribution < 1.29 is 32.3 Å². The molecule has 1 aromatic carbocycles. The number of nitrogens with one attached hydrogen (secondary N) is 1. The number of halogens is 4. The molecule has 2 aliphatic heterocycles. The van der Waals surface area contributed by atoms with Crippen molar-refractivity contribution in [3.8, 4) is 0 Å². The molecule has 1 fully saturated rings. The summed E-state index contributed by atoms with van der Waals surface area (Å²) in [4.78, 5) is 36.9. The summed E-state index contributed by atoms with van der Waals surface area (Å²) in [7, 11) is 0. The average Bonchev–Trinajstić information content (AvgIpc) is 2.81. The predicted octanol–water partition coefficient (Wildman–Crippen LogP) is 2.98. The molecular formula is C18H16ClF3N2O4. The van der Waals surface area contributed by atoms with Crippen LogP contribution in [-0.4, -0.2) is 48.2 Å². The third-order valence-corrected chi connectivity index (χ3v) is 4.89. The summed E-state index contributed by atoms with van der Waals surface area (Å²) in [5.41, 5.74) is 1.09. The van der Waals surface area contributed by atoms with Gasteiger partial charge in [-0.3, -0.25) is 19.8 Å². The first-order valence-corrected chi connectivity index (χ1v) is 8.89. The van der Waals surface area contributed by atoms with Crippen LogP contribution < -0.4 is 5.32 Å². The van der Waals surface area contributed by atoms with E-state index in [1.165, 1.54) is 0 Å². The van der Waals surface area contributed by atoms with E-state index in [9.17, 15) is 27.6 Å². The van der Waals surface area contributed by atoms with E-state index in [0.717, 1.165) is 4.90 Å². The molecule has 6 nitrogen and oxygen atoms in total. The number of rotatable bonds is 3. The number of benzene rings is 1. The minimum Gasteiger partial charge on any atom is -0.440 e. The number of esters is 1. The molecule has 0 aromatic heterocycles. The lowest BCUT2D eigenvalue weighted by atomic mass is 10.1. The zero-order valence-corrected chi connectivity index (χ0v) is 15.3. The van der Waals surface area contributed by atoms with Crippen molar-refractivity contribution in [2.75, 3.05) is 13.1 Å². The van der Waals surface area contributed by atoms with E-state index in [2.05, 4.69) is 10.1 Å². The second-order valence-electron chi connectivity index (χ2n) is 6.40. The smallest absolute Gasteiger partial charge is 0.440 e. The van der Waals surface area contributed by atoms with Crippen LogP contribution in [0.15, 0.2) is 34.9 Å². The second-order valence-corrected chi connectivity index (χ2v) is 6.86. The van der Waals surface area contributed by atoms with Crippen LogP contribution in [0, 0.1) is 0 Å². The number of amides is 2. The Morgan fingerprint density at radius 1 is 1.21 bits per heavy atom. The largest absolute Gasteiger partial charge is 0.490 e. The minimum atomic E-state index is -5.10. The van der Waals surface area contributed by atoms with Crippen molar-refractivity contribution in [2.45, 2.75) is 31.7 Å². The van der Waals surface area contributed by atoms with Gasteiger partial charge < -0.3 is 4.74 Å². The molecule has 10 heteroatoms. The van der Waals surface area contributed by atoms with E-state index in [-0.39, 0.29) is 29.1 Å². The van der Waals surface area contributed by atoms with Gasteiger partial charge in [0.05, 0.1) is 17.7 Å². The summed E-state index contributed by atoms with van der Waals surface area (Å²) in [6.07, 6.45) is -5.36. The van der Waals surface area contributed by atoms with Gasteiger partial charge in [-0.1, -0.05) is 23.7 Å². The Morgan fingerprint density at radius 3 is 2.39 bits per heavy atom. The third-order valence-electron chi connectivity index (χ3n) is 4.50. The minimum absolute atomic E-state index is 0.0657. The van der Waals surface area contributed by atoms with E-state index in [0.29, 0.717) is 25.0 Å². The summed E-state index contributed by atoms with van der Waals surface area (Å²) < 4.78 is 41.7. The van der Waals surface area contributed by atoms with Gasteiger partial charge in [0, 0.05) is 11.5 Å². The van der Waals surface area contributed by atoms with Crippen molar-refractivity contribution >= 4 is 29.4 Å². The molecule has 1 atom stereocenters. The number of ether oxygens (including phenoxy) is 1. The highest BCUT2D eigenvalue weighted by atomic mass is 35.5. The Morgan fingerprint density at radius 2 is 1.82 bits per heavy atom. The molecule has 3 rings (SSSR count). The first-order valence-electron chi connectivity index (χ1n) is 8.51. The monoisotopic (exact) mass is 416 g/mol. The van der Waals surface area contributed by atoms with Gasteiger partial charge in [-0.25, -0.2) is 4.79 Å². The fraction of sp³-hybridized carbons (Fsp3) is 0.389. The van der Waals surface area contributed by atoms with Gasteiger partial charge in [0.15, 0.2) is 6.23 Å². The topological polar surface area (TPSA) is 75.7 Å². The molecule has 0 bridgehead atoms. The standard InChI is InChI=1S/C18H16ClF3N2O4/c19-13(9-24-15(25)11-5-1-2-6-12(11)16(24)26)10-4-3-7-23-14(8-10)28-17(27)18(20,21)22/h1-2,5-6,14,23H,3-4,7-9H2/b13-10+. The lowest BCUT2D eigenvalue weighted by Crippen LogP contribution is -2.38. The van der Waals surface area contributed by atoms with Gasteiger partial charge >= 0.3 is 12.1 Å². The highest BCUT2D eigenvalue weighted by Crippen LogP contribution is 2.29. The Balaban J connectivity index is 1.74.